The van der Waals surface area contributed by atoms with E-state index < -0.39 is 10.1 Å². The van der Waals surface area contributed by atoms with Gasteiger partial charge in [0.1, 0.15) is 6.23 Å². The second kappa shape index (κ2) is 4.39. The highest BCUT2D eigenvalue weighted by molar-refractivity contribution is 7.86. The SMILES string of the molecule is CS(=O)(=O)OC1NCCC2CCCCC21. The molecule has 1 aliphatic carbocycles. The van der Waals surface area contributed by atoms with E-state index in [0.29, 0.717) is 11.8 Å². The first kappa shape index (κ1) is 11.4. The maximum absolute atomic E-state index is 11.1. The average molecular weight is 233 g/mol. The predicted octanol–water partition coefficient (Wildman–Crippen LogP) is 1.09. The normalized spacial score (nSPS) is 37.3. The fourth-order valence-electron chi connectivity index (χ4n) is 2.85. The lowest BCUT2D eigenvalue weighted by Gasteiger charge is -2.40. The predicted molar refractivity (Wildman–Crippen MR) is 57.8 cm³/mol. The van der Waals surface area contributed by atoms with Crippen molar-refractivity contribution in [3.63, 3.8) is 0 Å². The fraction of sp³-hybridized carbons (Fsp3) is 1.00. The van der Waals surface area contributed by atoms with Gasteiger partial charge in [0.05, 0.1) is 6.26 Å². The van der Waals surface area contributed by atoms with Gasteiger partial charge >= 0.3 is 0 Å². The van der Waals surface area contributed by atoms with Crippen molar-refractivity contribution in [2.24, 2.45) is 11.8 Å². The van der Waals surface area contributed by atoms with Crippen LogP contribution >= 0.6 is 0 Å². The van der Waals surface area contributed by atoms with Crippen LogP contribution in [0.15, 0.2) is 0 Å². The molecule has 1 aliphatic heterocycles. The molecule has 0 radical (unpaired) electrons. The molecule has 2 aliphatic rings. The van der Waals surface area contributed by atoms with Gasteiger partial charge in [-0.15, -0.1) is 0 Å². The first-order chi connectivity index (χ1) is 7.06. The second-order valence-electron chi connectivity index (χ2n) is 4.67. The zero-order valence-electron chi connectivity index (χ0n) is 9.11. The number of fused-ring (bicyclic) bond motifs is 1. The van der Waals surface area contributed by atoms with Crippen LogP contribution in [0.5, 0.6) is 0 Å². The van der Waals surface area contributed by atoms with Gasteiger partial charge in [-0.3, -0.25) is 9.50 Å². The topological polar surface area (TPSA) is 55.4 Å². The summed E-state index contributed by atoms with van der Waals surface area (Å²) in [5.41, 5.74) is 0. The minimum atomic E-state index is -3.34. The molecule has 0 aromatic carbocycles. The van der Waals surface area contributed by atoms with Gasteiger partial charge in [0.2, 0.25) is 0 Å². The van der Waals surface area contributed by atoms with Crippen molar-refractivity contribution < 1.29 is 12.6 Å². The maximum Gasteiger partial charge on any atom is 0.265 e. The lowest BCUT2D eigenvalue weighted by atomic mass is 9.75. The summed E-state index contributed by atoms with van der Waals surface area (Å²) in [4.78, 5) is 0. The zero-order valence-corrected chi connectivity index (χ0v) is 9.92. The van der Waals surface area contributed by atoms with E-state index in [4.69, 9.17) is 4.18 Å². The summed E-state index contributed by atoms with van der Waals surface area (Å²) in [7, 11) is -3.34. The lowest BCUT2D eigenvalue weighted by molar-refractivity contribution is 0.0178. The molecule has 3 unspecified atom stereocenters. The molecule has 2 fully saturated rings. The van der Waals surface area contributed by atoms with E-state index in [9.17, 15) is 8.42 Å². The second-order valence-corrected chi connectivity index (χ2v) is 6.27. The van der Waals surface area contributed by atoms with Gasteiger partial charge in [0.15, 0.2) is 0 Å². The Morgan fingerprint density at radius 3 is 2.67 bits per heavy atom. The smallest absolute Gasteiger partial charge is 0.265 e. The van der Waals surface area contributed by atoms with Crippen molar-refractivity contribution in [2.75, 3.05) is 12.8 Å². The van der Waals surface area contributed by atoms with E-state index in [-0.39, 0.29) is 6.23 Å². The van der Waals surface area contributed by atoms with E-state index in [0.717, 1.165) is 25.6 Å². The van der Waals surface area contributed by atoms with E-state index in [1.807, 2.05) is 0 Å². The number of nitrogens with one attached hydrogen (secondary N) is 1. The van der Waals surface area contributed by atoms with Crippen LogP contribution in [0.4, 0.5) is 0 Å². The van der Waals surface area contributed by atoms with Crippen molar-refractivity contribution in [1.29, 1.82) is 0 Å². The minimum absolute atomic E-state index is 0.279. The number of hydrogen-bond donors (Lipinski definition) is 1. The highest BCUT2D eigenvalue weighted by atomic mass is 32.2. The molecule has 0 bridgehead atoms. The van der Waals surface area contributed by atoms with Crippen molar-refractivity contribution in [1.82, 2.24) is 5.32 Å². The van der Waals surface area contributed by atoms with Gasteiger partial charge in [-0.25, -0.2) is 0 Å². The molecule has 4 nitrogen and oxygen atoms in total. The minimum Gasteiger partial charge on any atom is -0.291 e. The molecule has 0 aromatic rings. The highest BCUT2D eigenvalue weighted by Gasteiger charge is 2.36. The van der Waals surface area contributed by atoms with Crippen molar-refractivity contribution in [2.45, 2.75) is 38.3 Å². The van der Waals surface area contributed by atoms with Crippen LogP contribution < -0.4 is 5.32 Å². The molecule has 5 heteroatoms. The average Bonchev–Trinajstić information content (AvgIpc) is 2.16. The third kappa shape index (κ3) is 2.92. The standard InChI is InChI=1S/C10H19NO3S/c1-15(12,13)14-10-9-5-3-2-4-8(9)6-7-11-10/h8-11H,2-7H2,1H3. The van der Waals surface area contributed by atoms with Gasteiger partial charge < -0.3 is 0 Å². The summed E-state index contributed by atoms with van der Waals surface area (Å²) in [6, 6.07) is 0. The molecule has 1 N–H and O–H groups in total. The van der Waals surface area contributed by atoms with Crippen LogP contribution in [0.2, 0.25) is 0 Å². The third-order valence-electron chi connectivity index (χ3n) is 3.50. The summed E-state index contributed by atoms with van der Waals surface area (Å²) in [6.07, 6.45) is 6.82. The maximum atomic E-state index is 11.1. The summed E-state index contributed by atoms with van der Waals surface area (Å²) < 4.78 is 27.3. The monoisotopic (exact) mass is 233 g/mol. The molecule has 1 heterocycles. The number of rotatable bonds is 2. The molecular formula is C10H19NO3S. The Hall–Kier alpha value is -0.130. The molecular weight excluding hydrogens is 214 g/mol. The molecule has 0 spiro atoms. The largest absolute Gasteiger partial charge is 0.291 e. The van der Waals surface area contributed by atoms with Crippen molar-refractivity contribution in [3.05, 3.63) is 0 Å². The van der Waals surface area contributed by atoms with Crippen LogP contribution in [0, 0.1) is 11.8 Å². The third-order valence-corrected chi connectivity index (χ3v) is 4.05. The molecule has 15 heavy (non-hydrogen) atoms. The summed E-state index contributed by atoms with van der Waals surface area (Å²) >= 11 is 0. The molecule has 0 amide bonds. The zero-order chi connectivity index (χ0) is 10.9. The van der Waals surface area contributed by atoms with Crippen LogP contribution in [0.1, 0.15) is 32.1 Å². The van der Waals surface area contributed by atoms with Crippen LogP contribution in [0.3, 0.4) is 0 Å². The molecule has 1 saturated carbocycles. The Bertz CT molecular complexity index is 313. The van der Waals surface area contributed by atoms with Crippen LogP contribution in [0.25, 0.3) is 0 Å². The van der Waals surface area contributed by atoms with Crippen molar-refractivity contribution >= 4 is 10.1 Å². The first-order valence-corrected chi connectivity index (χ1v) is 7.49. The Kier molecular flexibility index (Phi) is 3.33. The molecule has 1 saturated heterocycles. The van der Waals surface area contributed by atoms with Gasteiger partial charge in [-0.2, -0.15) is 8.42 Å². The van der Waals surface area contributed by atoms with E-state index >= 15 is 0 Å². The van der Waals surface area contributed by atoms with E-state index in [1.165, 1.54) is 19.3 Å². The fourth-order valence-corrected chi connectivity index (χ4v) is 3.44. The molecule has 88 valence electrons. The van der Waals surface area contributed by atoms with Gasteiger partial charge in [0, 0.05) is 5.92 Å². The van der Waals surface area contributed by atoms with E-state index in [1.54, 1.807) is 0 Å². The van der Waals surface area contributed by atoms with Crippen molar-refractivity contribution in [3.8, 4) is 0 Å². The van der Waals surface area contributed by atoms with Gasteiger partial charge in [0.25, 0.3) is 10.1 Å². The highest BCUT2D eigenvalue weighted by Crippen LogP contribution is 2.37. The molecule has 3 atom stereocenters. The quantitative estimate of drug-likeness (QED) is 0.725. The lowest BCUT2D eigenvalue weighted by Crippen LogP contribution is -2.49. The molecule has 0 aromatic heterocycles. The van der Waals surface area contributed by atoms with Gasteiger partial charge in [-0.1, -0.05) is 12.8 Å². The summed E-state index contributed by atoms with van der Waals surface area (Å²) in [5.74, 6) is 1.05. The Labute approximate surface area is 91.5 Å². The summed E-state index contributed by atoms with van der Waals surface area (Å²) in [6.45, 7) is 0.876. The van der Waals surface area contributed by atoms with Gasteiger partial charge in [-0.05, 0) is 31.7 Å². The number of piperidine rings is 1. The Morgan fingerprint density at radius 2 is 1.93 bits per heavy atom. The van der Waals surface area contributed by atoms with Crippen LogP contribution in [-0.2, 0) is 14.3 Å². The van der Waals surface area contributed by atoms with Crippen LogP contribution in [-0.4, -0.2) is 27.4 Å². The molecule has 2 rings (SSSR count). The van der Waals surface area contributed by atoms with E-state index in [2.05, 4.69) is 5.32 Å². The first-order valence-electron chi connectivity index (χ1n) is 5.68. The Balaban J connectivity index is 2.03. The Morgan fingerprint density at radius 1 is 1.20 bits per heavy atom. The number of hydrogen-bond acceptors (Lipinski definition) is 4. The summed E-state index contributed by atoms with van der Waals surface area (Å²) in [5, 5.41) is 3.17.